The molecule has 0 unspecified atom stereocenters. The molecule has 16 nitrogen and oxygen atoms in total. The summed E-state index contributed by atoms with van der Waals surface area (Å²) in [4.78, 5) is 51.0. The number of hydrogen-bond donors (Lipinski definition) is 7. The first-order valence-corrected chi connectivity index (χ1v) is 16.5. The summed E-state index contributed by atoms with van der Waals surface area (Å²) in [6.45, 7) is 5.38. The SMILES string of the molecule is C#C[C@@H]1O[C@@H](OCCNC(=O)CCN(CCC(=O)NCCO[C@@H]2O[C@@H](C)[C@@H](O)[C@@H](C)[C@@H]2O)C(=O)CCCCC(=O)NC)[C@@H](O)[C@H](C)[C@@H]1O. The molecule has 16 heteroatoms. The molecule has 2 aliphatic heterocycles. The highest BCUT2D eigenvalue weighted by Crippen LogP contribution is 2.27. The van der Waals surface area contributed by atoms with Crippen LogP contribution >= 0.6 is 0 Å². The predicted octanol–water partition coefficient (Wildman–Crippen LogP) is -2.01. The maximum atomic E-state index is 13.0. The molecule has 2 fully saturated rings. The smallest absolute Gasteiger partial charge is 0.222 e. The summed E-state index contributed by atoms with van der Waals surface area (Å²) in [5.74, 6) is 0.212. The quantitative estimate of drug-likeness (QED) is 0.0578. The van der Waals surface area contributed by atoms with E-state index in [0.29, 0.717) is 12.8 Å². The molecule has 2 aliphatic rings. The molecule has 4 amide bonds. The number of carbonyl (C=O) groups excluding carboxylic acids is 4. The van der Waals surface area contributed by atoms with Crippen molar-refractivity contribution in [1.29, 1.82) is 0 Å². The van der Waals surface area contributed by atoms with E-state index < -0.39 is 61.0 Å². The minimum absolute atomic E-state index is 0.00270. The molecule has 274 valence electrons. The molecule has 7 N–H and O–H groups in total. The van der Waals surface area contributed by atoms with Gasteiger partial charge in [-0.3, -0.25) is 19.2 Å². The topological polar surface area (TPSA) is 225 Å². The van der Waals surface area contributed by atoms with Gasteiger partial charge in [0.1, 0.15) is 18.3 Å². The number of unbranched alkanes of at least 4 members (excludes halogenated alkanes) is 1. The fourth-order valence-corrected chi connectivity index (χ4v) is 5.28. The van der Waals surface area contributed by atoms with Gasteiger partial charge in [0, 0.05) is 70.7 Å². The first-order chi connectivity index (χ1) is 22.8. The van der Waals surface area contributed by atoms with Crippen molar-refractivity contribution in [1.82, 2.24) is 20.9 Å². The molecular formula is C32H54N4O12. The van der Waals surface area contributed by atoms with Crippen LogP contribution in [0.4, 0.5) is 0 Å². The Balaban J connectivity index is 1.78. The summed E-state index contributed by atoms with van der Waals surface area (Å²) in [6, 6.07) is 0. The van der Waals surface area contributed by atoms with Gasteiger partial charge in [-0.1, -0.05) is 19.8 Å². The first-order valence-electron chi connectivity index (χ1n) is 16.5. The van der Waals surface area contributed by atoms with Gasteiger partial charge >= 0.3 is 0 Å². The number of nitrogens with one attached hydrogen (secondary N) is 3. The molecule has 48 heavy (non-hydrogen) atoms. The zero-order chi connectivity index (χ0) is 35.8. The van der Waals surface area contributed by atoms with E-state index in [1.165, 1.54) is 11.9 Å². The van der Waals surface area contributed by atoms with Gasteiger partial charge in [0.25, 0.3) is 0 Å². The van der Waals surface area contributed by atoms with E-state index >= 15 is 0 Å². The van der Waals surface area contributed by atoms with Crippen molar-refractivity contribution < 1.29 is 58.6 Å². The van der Waals surface area contributed by atoms with Crippen LogP contribution in [0.3, 0.4) is 0 Å². The van der Waals surface area contributed by atoms with Gasteiger partial charge in [0.15, 0.2) is 12.6 Å². The van der Waals surface area contributed by atoms with E-state index in [-0.39, 0.29) is 88.7 Å². The predicted molar refractivity (Wildman–Crippen MR) is 170 cm³/mol. The van der Waals surface area contributed by atoms with Crippen molar-refractivity contribution in [3.8, 4) is 12.3 Å². The number of aliphatic hydroxyl groups excluding tert-OH is 4. The molecule has 2 heterocycles. The van der Waals surface area contributed by atoms with Crippen molar-refractivity contribution in [3.63, 3.8) is 0 Å². The van der Waals surface area contributed by atoms with Crippen molar-refractivity contribution in [2.24, 2.45) is 11.8 Å². The van der Waals surface area contributed by atoms with Crippen molar-refractivity contribution >= 4 is 23.6 Å². The summed E-state index contributed by atoms with van der Waals surface area (Å²) in [6.07, 6.45) is -0.726. The Bertz CT molecular complexity index is 1070. The fourth-order valence-electron chi connectivity index (χ4n) is 5.28. The second-order valence-corrected chi connectivity index (χ2v) is 12.2. The average Bonchev–Trinajstić information content (AvgIpc) is 3.07. The van der Waals surface area contributed by atoms with Crippen LogP contribution in [0.15, 0.2) is 0 Å². The van der Waals surface area contributed by atoms with Gasteiger partial charge in [-0.15, -0.1) is 6.42 Å². The molecule has 0 radical (unpaired) electrons. The number of terminal acetylenes is 1. The summed E-state index contributed by atoms with van der Waals surface area (Å²) in [7, 11) is 1.54. The Kier molecular flexibility index (Phi) is 18.3. The van der Waals surface area contributed by atoms with Gasteiger partial charge in [-0.2, -0.15) is 0 Å². The van der Waals surface area contributed by atoms with Crippen LogP contribution in [0.1, 0.15) is 59.3 Å². The number of amides is 4. The Labute approximate surface area is 282 Å². The van der Waals surface area contributed by atoms with Gasteiger partial charge in [-0.05, 0) is 19.8 Å². The third-order valence-electron chi connectivity index (χ3n) is 8.60. The van der Waals surface area contributed by atoms with Crippen molar-refractivity contribution in [2.45, 2.75) is 108 Å². The maximum absolute atomic E-state index is 13.0. The lowest BCUT2D eigenvalue weighted by Gasteiger charge is -2.39. The standard InChI is InChI=1S/C32H54N4O12/c1-6-22-28(42)20(3)30(44)32(48-22)46-18-14-35-25(39)12-16-36(26(40)10-8-7-9-23(37)33-5)15-11-24(38)34-13-17-45-31-29(43)19(2)27(41)21(4)47-31/h1,19-22,27-32,41-44H,7-18H2,2-5H3,(H,33,37)(H,34,38)(H,35,39)/t19-,20-,21+,22+,27+,28+,29+,30+,31-,32-/m1/s1. The average molecular weight is 687 g/mol. The lowest BCUT2D eigenvalue weighted by atomic mass is 9.91. The first kappa shape index (κ1) is 41.3. The highest BCUT2D eigenvalue weighted by molar-refractivity contribution is 5.80. The van der Waals surface area contributed by atoms with E-state index in [1.807, 2.05) is 0 Å². The van der Waals surface area contributed by atoms with Crippen LogP contribution in [-0.2, 0) is 38.1 Å². The number of rotatable bonds is 19. The lowest BCUT2D eigenvalue weighted by molar-refractivity contribution is -0.278. The number of nitrogens with zero attached hydrogens (tertiary/aromatic N) is 1. The Hall–Kier alpha value is -2.88. The van der Waals surface area contributed by atoms with Crippen LogP contribution < -0.4 is 16.0 Å². The molecule has 2 saturated heterocycles. The normalized spacial score (nSPS) is 30.1. The monoisotopic (exact) mass is 686 g/mol. The minimum Gasteiger partial charge on any atom is -0.390 e. The molecule has 0 aromatic carbocycles. The van der Waals surface area contributed by atoms with E-state index in [4.69, 9.17) is 25.4 Å². The number of ether oxygens (including phenoxy) is 4. The third kappa shape index (κ3) is 13.2. The maximum Gasteiger partial charge on any atom is 0.222 e. The van der Waals surface area contributed by atoms with Crippen LogP contribution in [0, 0.1) is 24.2 Å². The minimum atomic E-state index is -1.11. The summed E-state index contributed by atoms with van der Waals surface area (Å²) >= 11 is 0. The van der Waals surface area contributed by atoms with Crippen LogP contribution in [0.25, 0.3) is 0 Å². The second-order valence-electron chi connectivity index (χ2n) is 12.2. The van der Waals surface area contributed by atoms with Gasteiger partial charge in [0.2, 0.25) is 23.6 Å². The fraction of sp³-hybridized carbons (Fsp3) is 0.812. The van der Waals surface area contributed by atoms with E-state index in [9.17, 15) is 39.6 Å². The number of aliphatic hydroxyl groups is 4. The molecule has 10 atom stereocenters. The van der Waals surface area contributed by atoms with Gasteiger partial charge in [0.05, 0.1) is 31.5 Å². The molecule has 0 saturated carbocycles. The zero-order valence-corrected chi connectivity index (χ0v) is 28.3. The Morgan fingerprint density at radius 1 is 0.729 bits per heavy atom. The molecule has 0 aromatic heterocycles. The van der Waals surface area contributed by atoms with Gasteiger partial charge in [-0.25, -0.2) is 0 Å². The third-order valence-corrected chi connectivity index (χ3v) is 8.60. The summed E-state index contributed by atoms with van der Waals surface area (Å²) < 4.78 is 22.0. The van der Waals surface area contributed by atoms with E-state index in [1.54, 1.807) is 20.8 Å². The van der Waals surface area contributed by atoms with Crippen molar-refractivity contribution in [3.05, 3.63) is 0 Å². The Morgan fingerprint density at radius 3 is 1.75 bits per heavy atom. The highest BCUT2D eigenvalue weighted by Gasteiger charge is 2.42. The van der Waals surface area contributed by atoms with Crippen LogP contribution in [0.5, 0.6) is 0 Å². The number of carbonyl (C=O) groups is 4. The van der Waals surface area contributed by atoms with Crippen LogP contribution in [0.2, 0.25) is 0 Å². The number of hydrogen-bond acceptors (Lipinski definition) is 12. The molecule has 0 spiro atoms. The zero-order valence-electron chi connectivity index (χ0n) is 28.3. The molecule has 0 aromatic rings. The highest BCUT2D eigenvalue weighted by atomic mass is 16.7. The van der Waals surface area contributed by atoms with E-state index in [2.05, 4.69) is 21.9 Å². The second kappa shape index (κ2) is 21.3. The van der Waals surface area contributed by atoms with Gasteiger partial charge < -0.3 is 60.2 Å². The molecular weight excluding hydrogens is 632 g/mol. The largest absolute Gasteiger partial charge is 0.390 e. The summed E-state index contributed by atoms with van der Waals surface area (Å²) in [5.41, 5.74) is 0. The van der Waals surface area contributed by atoms with Crippen LogP contribution in [-0.4, -0.2) is 145 Å². The lowest BCUT2D eigenvalue weighted by Crippen LogP contribution is -2.53. The van der Waals surface area contributed by atoms with E-state index in [0.717, 1.165) is 0 Å². The molecule has 0 bridgehead atoms. The molecule has 0 aliphatic carbocycles. The van der Waals surface area contributed by atoms with Crippen molar-refractivity contribution in [2.75, 3.05) is 46.4 Å². The molecule has 2 rings (SSSR count). The Morgan fingerprint density at radius 2 is 1.23 bits per heavy atom. The summed E-state index contributed by atoms with van der Waals surface area (Å²) in [5, 5.41) is 48.6.